The molecule has 7 heteroatoms. The Hall–Kier alpha value is -3.84. The number of nitrogens with one attached hydrogen (secondary N) is 3. The van der Waals surface area contributed by atoms with E-state index in [9.17, 15) is 9.59 Å². The number of benzene rings is 3. The molecule has 0 bridgehead atoms. The maximum absolute atomic E-state index is 13.0. The van der Waals surface area contributed by atoms with Gasteiger partial charge in [-0.3, -0.25) is 4.79 Å². The summed E-state index contributed by atoms with van der Waals surface area (Å²) in [6, 6.07) is 16.4. The Bertz CT molecular complexity index is 1260. The van der Waals surface area contributed by atoms with Crippen molar-refractivity contribution in [2.45, 2.75) is 40.5 Å². The van der Waals surface area contributed by atoms with E-state index in [1.807, 2.05) is 64.1 Å². The zero-order valence-electron chi connectivity index (χ0n) is 22.1. The van der Waals surface area contributed by atoms with E-state index in [0.717, 1.165) is 42.0 Å². The van der Waals surface area contributed by atoms with Crippen molar-refractivity contribution in [2.24, 2.45) is 0 Å². The quantitative estimate of drug-likeness (QED) is 0.345. The van der Waals surface area contributed by atoms with Gasteiger partial charge in [-0.25, -0.2) is 4.79 Å². The van der Waals surface area contributed by atoms with Gasteiger partial charge in [0.15, 0.2) is 5.75 Å². The van der Waals surface area contributed by atoms with Gasteiger partial charge in [-0.15, -0.1) is 0 Å². The van der Waals surface area contributed by atoms with Gasteiger partial charge in [0.2, 0.25) is 0 Å². The van der Waals surface area contributed by atoms with Crippen LogP contribution in [0.3, 0.4) is 0 Å². The Balaban J connectivity index is 1.53. The van der Waals surface area contributed by atoms with E-state index in [-0.39, 0.29) is 5.91 Å². The number of ether oxygens (including phenoxy) is 1. The number of carbonyl (C=O) groups is 2. The third-order valence-corrected chi connectivity index (χ3v) is 6.83. The van der Waals surface area contributed by atoms with E-state index < -0.39 is 6.03 Å². The van der Waals surface area contributed by atoms with Crippen LogP contribution in [0.2, 0.25) is 0 Å². The number of para-hydroxylation sites is 1. The standard InChI is InChI=1S/C30H36N4O3/c1-20-10-12-25(18-23(20)4)37-27-13-11-24(29(35)31-14-17-34-15-5-6-16-34)19-26(27)32-30(36)33-28-21(2)8-7-9-22(28)3/h7-13,18-19H,5-6,14-17H2,1-4H3,(H,31,35)(H2,32,33,36). The second kappa shape index (κ2) is 11.9. The summed E-state index contributed by atoms with van der Waals surface area (Å²) in [6.07, 6.45) is 2.43. The molecule has 37 heavy (non-hydrogen) atoms. The lowest BCUT2D eigenvalue weighted by Crippen LogP contribution is -2.33. The molecule has 1 saturated heterocycles. The van der Waals surface area contributed by atoms with Crippen molar-refractivity contribution in [3.8, 4) is 11.5 Å². The van der Waals surface area contributed by atoms with Crippen LogP contribution in [0.25, 0.3) is 0 Å². The first-order chi connectivity index (χ1) is 17.8. The molecule has 3 aromatic rings. The molecule has 0 radical (unpaired) electrons. The van der Waals surface area contributed by atoms with E-state index >= 15 is 0 Å². The van der Waals surface area contributed by atoms with Crippen LogP contribution in [-0.2, 0) is 0 Å². The number of rotatable bonds is 8. The van der Waals surface area contributed by atoms with Crippen molar-refractivity contribution in [1.82, 2.24) is 10.2 Å². The van der Waals surface area contributed by atoms with Gasteiger partial charge in [0.1, 0.15) is 5.75 Å². The average molecular weight is 501 g/mol. The first-order valence-corrected chi connectivity index (χ1v) is 12.8. The highest BCUT2D eigenvalue weighted by molar-refractivity contribution is 6.03. The molecule has 1 aliphatic rings. The highest BCUT2D eigenvalue weighted by Gasteiger charge is 2.16. The molecule has 1 aliphatic heterocycles. The number of nitrogens with zero attached hydrogens (tertiary/aromatic N) is 1. The lowest BCUT2D eigenvalue weighted by atomic mass is 10.1. The molecule has 194 valence electrons. The fourth-order valence-electron chi connectivity index (χ4n) is 4.48. The van der Waals surface area contributed by atoms with Crippen LogP contribution in [0, 0.1) is 27.7 Å². The highest BCUT2D eigenvalue weighted by Crippen LogP contribution is 2.32. The van der Waals surface area contributed by atoms with Gasteiger partial charge in [0.25, 0.3) is 5.91 Å². The zero-order valence-corrected chi connectivity index (χ0v) is 22.1. The van der Waals surface area contributed by atoms with Gasteiger partial charge in [-0.05, 0) is 106 Å². The Morgan fingerprint density at radius 1 is 0.838 bits per heavy atom. The van der Waals surface area contributed by atoms with Crippen molar-refractivity contribution < 1.29 is 14.3 Å². The number of aryl methyl sites for hydroxylation is 4. The van der Waals surface area contributed by atoms with Crippen molar-refractivity contribution in [2.75, 3.05) is 36.8 Å². The molecule has 3 N–H and O–H groups in total. The normalized spacial score (nSPS) is 13.3. The Labute approximate surface area is 219 Å². The third kappa shape index (κ3) is 6.89. The van der Waals surface area contributed by atoms with Gasteiger partial charge in [-0.2, -0.15) is 0 Å². The molecule has 3 amide bonds. The van der Waals surface area contributed by atoms with Crippen molar-refractivity contribution in [3.63, 3.8) is 0 Å². The summed E-state index contributed by atoms with van der Waals surface area (Å²) in [7, 11) is 0. The second-order valence-electron chi connectivity index (χ2n) is 9.71. The predicted octanol–water partition coefficient (Wildman–Crippen LogP) is 6.18. The van der Waals surface area contributed by atoms with Crippen LogP contribution in [0.15, 0.2) is 54.6 Å². The molecular weight excluding hydrogens is 464 g/mol. The predicted molar refractivity (Wildman–Crippen MR) is 149 cm³/mol. The third-order valence-electron chi connectivity index (χ3n) is 6.83. The van der Waals surface area contributed by atoms with E-state index in [1.54, 1.807) is 18.2 Å². The van der Waals surface area contributed by atoms with Crippen LogP contribution < -0.4 is 20.7 Å². The maximum atomic E-state index is 13.0. The maximum Gasteiger partial charge on any atom is 0.323 e. The summed E-state index contributed by atoms with van der Waals surface area (Å²) in [5.41, 5.74) is 5.83. The van der Waals surface area contributed by atoms with Gasteiger partial charge in [-0.1, -0.05) is 24.3 Å². The van der Waals surface area contributed by atoms with Gasteiger partial charge < -0.3 is 25.6 Å². The summed E-state index contributed by atoms with van der Waals surface area (Å²) < 4.78 is 6.15. The first-order valence-electron chi connectivity index (χ1n) is 12.8. The molecule has 0 saturated carbocycles. The zero-order chi connectivity index (χ0) is 26.4. The molecule has 0 atom stereocenters. The van der Waals surface area contributed by atoms with Gasteiger partial charge >= 0.3 is 6.03 Å². The molecular formula is C30H36N4O3. The van der Waals surface area contributed by atoms with E-state index in [0.29, 0.717) is 29.3 Å². The Morgan fingerprint density at radius 3 is 2.27 bits per heavy atom. The van der Waals surface area contributed by atoms with Crippen LogP contribution in [0.1, 0.15) is 45.5 Å². The monoisotopic (exact) mass is 500 g/mol. The smallest absolute Gasteiger partial charge is 0.323 e. The molecule has 0 spiro atoms. The van der Waals surface area contributed by atoms with Crippen LogP contribution in [0.4, 0.5) is 16.2 Å². The highest BCUT2D eigenvalue weighted by atomic mass is 16.5. The van der Waals surface area contributed by atoms with Crippen molar-refractivity contribution >= 4 is 23.3 Å². The summed E-state index contributed by atoms with van der Waals surface area (Å²) in [5, 5.41) is 8.82. The number of urea groups is 1. The lowest BCUT2D eigenvalue weighted by Gasteiger charge is -2.17. The van der Waals surface area contributed by atoms with Crippen LogP contribution in [0.5, 0.6) is 11.5 Å². The largest absolute Gasteiger partial charge is 0.455 e. The molecule has 3 aromatic carbocycles. The fraction of sp³-hybridized carbons (Fsp3) is 0.333. The van der Waals surface area contributed by atoms with E-state index in [4.69, 9.17) is 4.74 Å². The molecule has 7 nitrogen and oxygen atoms in total. The number of hydrogen-bond donors (Lipinski definition) is 3. The summed E-state index contributed by atoms with van der Waals surface area (Å²) in [5.74, 6) is 0.924. The summed E-state index contributed by atoms with van der Waals surface area (Å²) >= 11 is 0. The van der Waals surface area contributed by atoms with Gasteiger partial charge in [0.05, 0.1) is 5.69 Å². The van der Waals surface area contributed by atoms with Crippen LogP contribution >= 0.6 is 0 Å². The minimum absolute atomic E-state index is 0.185. The van der Waals surface area contributed by atoms with E-state index in [1.165, 1.54) is 18.4 Å². The summed E-state index contributed by atoms with van der Waals surface area (Å²) in [4.78, 5) is 28.2. The van der Waals surface area contributed by atoms with Crippen molar-refractivity contribution in [3.05, 3.63) is 82.4 Å². The minimum atomic E-state index is -0.408. The topological polar surface area (TPSA) is 82.7 Å². The first kappa shape index (κ1) is 26.2. The molecule has 1 fully saturated rings. The van der Waals surface area contributed by atoms with Crippen LogP contribution in [-0.4, -0.2) is 43.0 Å². The number of carbonyl (C=O) groups excluding carboxylic acids is 2. The number of amides is 3. The van der Waals surface area contributed by atoms with Gasteiger partial charge in [0, 0.05) is 24.3 Å². The second-order valence-corrected chi connectivity index (χ2v) is 9.71. The van der Waals surface area contributed by atoms with E-state index in [2.05, 4.69) is 20.9 Å². The van der Waals surface area contributed by atoms with Crippen molar-refractivity contribution in [1.29, 1.82) is 0 Å². The average Bonchev–Trinajstić information content (AvgIpc) is 3.38. The molecule has 4 rings (SSSR count). The molecule has 0 aliphatic carbocycles. The number of likely N-dealkylation sites (tertiary alicyclic amines) is 1. The molecule has 1 heterocycles. The SMILES string of the molecule is Cc1ccc(Oc2ccc(C(=O)NCCN3CCCC3)cc2NC(=O)Nc2c(C)cccc2C)cc1C. The molecule has 0 unspecified atom stereocenters. The Morgan fingerprint density at radius 2 is 1.57 bits per heavy atom. The number of hydrogen-bond acceptors (Lipinski definition) is 4. The summed E-state index contributed by atoms with van der Waals surface area (Å²) in [6.45, 7) is 11.6. The fourth-order valence-corrected chi connectivity index (χ4v) is 4.48. The minimum Gasteiger partial charge on any atom is -0.455 e. The number of anilines is 2. The Kier molecular flexibility index (Phi) is 8.46. The molecule has 0 aromatic heterocycles. The lowest BCUT2D eigenvalue weighted by molar-refractivity contribution is 0.0949.